The zero-order chi connectivity index (χ0) is 11.0. The van der Waals surface area contributed by atoms with E-state index in [9.17, 15) is 9.59 Å². The summed E-state index contributed by atoms with van der Waals surface area (Å²) in [6.07, 6.45) is 4.78. The number of carbonyl (C=O) groups excluding carboxylic acids is 2. The average molecular weight is 210 g/mol. The lowest BCUT2D eigenvalue weighted by atomic mass is 9.82. The van der Waals surface area contributed by atoms with Crippen molar-refractivity contribution < 1.29 is 9.59 Å². The molecule has 0 unspecified atom stereocenters. The number of rotatable bonds is 2. The maximum atomic E-state index is 11.5. The summed E-state index contributed by atoms with van der Waals surface area (Å²) in [5.74, 6) is 9.08. The van der Waals surface area contributed by atoms with Crippen molar-refractivity contribution in [3.05, 3.63) is 12.2 Å². The highest BCUT2D eigenvalue weighted by molar-refractivity contribution is 5.89. The first-order valence-corrected chi connectivity index (χ1v) is 4.88. The summed E-state index contributed by atoms with van der Waals surface area (Å²) >= 11 is 0. The average Bonchev–Trinajstić information content (AvgIpc) is 2.86. The van der Waals surface area contributed by atoms with Crippen LogP contribution in [0.3, 0.4) is 0 Å². The van der Waals surface area contributed by atoms with Gasteiger partial charge in [0.2, 0.25) is 11.8 Å². The number of nitrogens with one attached hydrogen (secondary N) is 2. The molecule has 0 spiro atoms. The molecule has 6 nitrogen and oxygen atoms in total. The van der Waals surface area contributed by atoms with E-state index >= 15 is 0 Å². The van der Waals surface area contributed by atoms with Crippen molar-refractivity contribution in [1.82, 2.24) is 10.9 Å². The zero-order valence-corrected chi connectivity index (χ0v) is 8.14. The first-order chi connectivity index (χ1) is 7.19. The Hall–Kier alpha value is -1.40. The fourth-order valence-electron chi connectivity index (χ4n) is 2.73. The van der Waals surface area contributed by atoms with Crippen LogP contribution in [-0.2, 0) is 9.59 Å². The first kappa shape index (κ1) is 10.1. The normalized spacial score (nSPS) is 36.7. The van der Waals surface area contributed by atoms with Gasteiger partial charge in [0.1, 0.15) is 0 Å². The second kappa shape index (κ2) is 3.63. The quantitative estimate of drug-likeness (QED) is 0.190. The summed E-state index contributed by atoms with van der Waals surface area (Å²) in [6.45, 7) is 0. The van der Waals surface area contributed by atoms with Crippen molar-refractivity contribution in [2.75, 3.05) is 0 Å². The van der Waals surface area contributed by atoms with E-state index in [0.29, 0.717) is 0 Å². The number of nitrogens with two attached hydrogens (primary N) is 2. The van der Waals surface area contributed by atoms with E-state index in [0.717, 1.165) is 6.42 Å². The molecule has 0 aromatic heterocycles. The van der Waals surface area contributed by atoms with Crippen molar-refractivity contribution in [3.8, 4) is 0 Å². The molecule has 1 fully saturated rings. The first-order valence-electron chi connectivity index (χ1n) is 4.88. The van der Waals surface area contributed by atoms with Crippen LogP contribution in [0, 0.1) is 23.7 Å². The van der Waals surface area contributed by atoms with Crippen LogP contribution in [0.4, 0.5) is 0 Å². The third-order valence-electron chi connectivity index (χ3n) is 3.35. The second-order valence-corrected chi connectivity index (χ2v) is 4.02. The van der Waals surface area contributed by atoms with Gasteiger partial charge in [-0.1, -0.05) is 12.2 Å². The van der Waals surface area contributed by atoms with Gasteiger partial charge in [-0.3, -0.25) is 20.4 Å². The summed E-state index contributed by atoms with van der Waals surface area (Å²) in [5.41, 5.74) is 4.21. The Morgan fingerprint density at radius 3 is 1.73 bits per heavy atom. The molecule has 6 N–H and O–H groups in total. The number of allylic oxidation sites excluding steroid dienone is 2. The molecule has 1 saturated carbocycles. The predicted octanol–water partition coefficient (Wildman–Crippen LogP) is -1.60. The lowest BCUT2D eigenvalue weighted by Gasteiger charge is -2.24. The van der Waals surface area contributed by atoms with Gasteiger partial charge in [-0.25, -0.2) is 11.7 Å². The smallest absolute Gasteiger partial charge is 0.238 e. The largest absolute Gasteiger partial charge is 0.294 e. The standard InChI is InChI=1S/C9H14N4O2/c10-12-8(14)6-4-1-2-5(3-4)7(6)9(15)13-11/h1-2,4-7H,3,10-11H2,(H,12,14)(H,13,15)/t4-,5-,6-,7+/m0/s1. The van der Waals surface area contributed by atoms with Gasteiger partial charge in [0, 0.05) is 0 Å². The van der Waals surface area contributed by atoms with Gasteiger partial charge in [0.25, 0.3) is 0 Å². The minimum Gasteiger partial charge on any atom is -0.294 e. The molecule has 2 bridgehead atoms. The monoisotopic (exact) mass is 210 g/mol. The lowest BCUT2D eigenvalue weighted by Crippen LogP contribution is -2.47. The molecule has 0 radical (unpaired) electrons. The van der Waals surface area contributed by atoms with Gasteiger partial charge in [0.05, 0.1) is 11.8 Å². The number of fused-ring (bicyclic) bond motifs is 2. The van der Waals surface area contributed by atoms with Crippen LogP contribution in [0.2, 0.25) is 0 Å². The Morgan fingerprint density at radius 2 is 1.40 bits per heavy atom. The van der Waals surface area contributed by atoms with E-state index in [1.807, 2.05) is 12.2 Å². The van der Waals surface area contributed by atoms with Crippen LogP contribution in [0.15, 0.2) is 12.2 Å². The van der Waals surface area contributed by atoms with Crippen LogP contribution in [0.25, 0.3) is 0 Å². The molecule has 15 heavy (non-hydrogen) atoms. The molecule has 0 aromatic carbocycles. The molecule has 82 valence electrons. The summed E-state index contributed by atoms with van der Waals surface area (Å²) in [5, 5.41) is 0. The molecular weight excluding hydrogens is 196 g/mol. The van der Waals surface area contributed by atoms with E-state index < -0.39 is 0 Å². The molecule has 0 aromatic rings. The van der Waals surface area contributed by atoms with Gasteiger partial charge in [-0.15, -0.1) is 0 Å². The second-order valence-electron chi connectivity index (χ2n) is 4.02. The Bertz CT molecular complexity index is 298. The highest BCUT2D eigenvalue weighted by Crippen LogP contribution is 2.47. The summed E-state index contributed by atoms with van der Waals surface area (Å²) in [4.78, 5) is 23.1. The van der Waals surface area contributed by atoms with Crippen LogP contribution >= 0.6 is 0 Å². The van der Waals surface area contributed by atoms with E-state index in [-0.39, 0.29) is 35.5 Å². The Labute approximate surface area is 87.0 Å². The molecule has 6 heteroatoms. The van der Waals surface area contributed by atoms with Crippen molar-refractivity contribution >= 4 is 11.8 Å². The highest BCUT2D eigenvalue weighted by atomic mass is 16.2. The molecule has 2 aliphatic rings. The van der Waals surface area contributed by atoms with Gasteiger partial charge >= 0.3 is 0 Å². The fourth-order valence-corrected chi connectivity index (χ4v) is 2.73. The SMILES string of the molecule is NNC(=O)[C@@H]1[C@H](C(=O)NN)[C@H]2C=C[C@H]1C2. The van der Waals surface area contributed by atoms with Gasteiger partial charge in [-0.2, -0.15) is 0 Å². The van der Waals surface area contributed by atoms with E-state index in [1.165, 1.54) is 0 Å². The highest BCUT2D eigenvalue weighted by Gasteiger charge is 2.51. The number of hydrazine groups is 2. The van der Waals surface area contributed by atoms with Crippen LogP contribution in [0.1, 0.15) is 6.42 Å². The third kappa shape index (κ3) is 1.42. The van der Waals surface area contributed by atoms with Crippen LogP contribution < -0.4 is 22.5 Å². The topological polar surface area (TPSA) is 110 Å². The van der Waals surface area contributed by atoms with Crippen molar-refractivity contribution in [2.45, 2.75) is 6.42 Å². The van der Waals surface area contributed by atoms with Gasteiger partial charge in [0.15, 0.2) is 0 Å². The lowest BCUT2D eigenvalue weighted by molar-refractivity contribution is -0.135. The third-order valence-corrected chi connectivity index (χ3v) is 3.35. The minimum atomic E-state index is -0.381. The van der Waals surface area contributed by atoms with Crippen LogP contribution in [-0.4, -0.2) is 11.8 Å². The molecular formula is C9H14N4O2. The summed E-state index contributed by atoms with van der Waals surface area (Å²) in [7, 11) is 0. The molecule has 2 aliphatic carbocycles. The van der Waals surface area contributed by atoms with Crippen LogP contribution in [0.5, 0.6) is 0 Å². The maximum Gasteiger partial charge on any atom is 0.238 e. The Kier molecular flexibility index (Phi) is 2.45. The van der Waals surface area contributed by atoms with E-state index in [2.05, 4.69) is 10.9 Å². The number of carbonyl (C=O) groups is 2. The minimum absolute atomic E-state index is 0.112. The zero-order valence-electron chi connectivity index (χ0n) is 8.14. The van der Waals surface area contributed by atoms with Crippen molar-refractivity contribution in [1.29, 1.82) is 0 Å². The van der Waals surface area contributed by atoms with E-state index in [4.69, 9.17) is 11.7 Å². The number of hydrogen-bond donors (Lipinski definition) is 4. The number of amides is 2. The summed E-state index contributed by atoms with van der Waals surface area (Å²) < 4.78 is 0. The van der Waals surface area contributed by atoms with Crippen molar-refractivity contribution in [3.63, 3.8) is 0 Å². The molecule has 0 saturated heterocycles. The van der Waals surface area contributed by atoms with Gasteiger partial charge in [-0.05, 0) is 18.3 Å². The molecule has 4 atom stereocenters. The fraction of sp³-hybridized carbons (Fsp3) is 0.556. The molecule has 0 heterocycles. The van der Waals surface area contributed by atoms with Gasteiger partial charge < -0.3 is 0 Å². The Balaban J connectivity index is 2.24. The predicted molar refractivity (Wildman–Crippen MR) is 52.4 cm³/mol. The van der Waals surface area contributed by atoms with E-state index in [1.54, 1.807) is 0 Å². The number of hydrogen-bond acceptors (Lipinski definition) is 4. The van der Waals surface area contributed by atoms with Crippen molar-refractivity contribution in [2.24, 2.45) is 35.4 Å². The molecule has 2 rings (SSSR count). The Morgan fingerprint density at radius 1 is 1.00 bits per heavy atom. The molecule has 0 aliphatic heterocycles. The summed E-state index contributed by atoms with van der Waals surface area (Å²) in [6, 6.07) is 0. The molecule has 2 amide bonds. The maximum absolute atomic E-state index is 11.5.